The van der Waals surface area contributed by atoms with E-state index in [0.29, 0.717) is 5.92 Å². The Balaban J connectivity index is 1.90. The standard InChI is InChI=1S/C22H27N3/c1-17(2)15-16-25-21-8-6-5-7-20(21)23-22(25)14-11-18-9-12-19(13-10-18)24(3)4/h5-14,17H,15-16H2,1-4H3. The van der Waals surface area contributed by atoms with E-state index in [1.807, 2.05) is 0 Å². The van der Waals surface area contributed by atoms with E-state index in [-0.39, 0.29) is 0 Å². The number of hydrogen-bond donors (Lipinski definition) is 0. The van der Waals surface area contributed by atoms with Crippen molar-refractivity contribution in [3.63, 3.8) is 0 Å². The molecule has 0 bridgehead atoms. The molecule has 130 valence electrons. The van der Waals surface area contributed by atoms with Gasteiger partial charge in [-0.25, -0.2) is 4.98 Å². The number of aromatic nitrogens is 2. The topological polar surface area (TPSA) is 21.1 Å². The first-order valence-corrected chi connectivity index (χ1v) is 8.95. The van der Waals surface area contributed by atoms with Crippen molar-refractivity contribution < 1.29 is 0 Å². The maximum atomic E-state index is 4.82. The van der Waals surface area contributed by atoms with Crippen LogP contribution in [0.5, 0.6) is 0 Å². The molecule has 0 radical (unpaired) electrons. The Bertz CT molecular complexity index is 855. The summed E-state index contributed by atoms with van der Waals surface area (Å²) in [6.07, 6.45) is 5.43. The molecule has 3 aromatic rings. The number of rotatable bonds is 6. The average Bonchev–Trinajstić information content (AvgIpc) is 2.96. The molecule has 0 spiro atoms. The smallest absolute Gasteiger partial charge is 0.133 e. The van der Waals surface area contributed by atoms with Gasteiger partial charge >= 0.3 is 0 Å². The predicted molar refractivity (Wildman–Crippen MR) is 109 cm³/mol. The van der Waals surface area contributed by atoms with Crippen LogP contribution in [0, 0.1) is 5.92 Å². The molecule has 0 aliphatic carbocycles. The van der Waals surface area contributed by atoms with E-state index in [2.05, 4.69) is 98.1 Å². The molecule has 0 fully saturated rings. The number of aryl methyl sites for hydroxylation is 1. The van der Waals surface area contributed by atoms with Crippen molar-refractivity contribution in [2.75, 3.05) is 19.0 Å². The second kappa shape index (κ2) is 7.56. The third-order valence-corrected chi connectivity index (χ3v) is 4.45. The number of fused-ring (bicyclic) bond motifs is 1. The minimum absolute atomic E-state index is 0.677. The van der Waals surface area contributed by atoms with Crippen LogP contribution in [0.3, 0.4) is 0 Å². The van der Waals surface area contributed by atoms with E-state index in [9.17, 15) is 0 Å². The van der Waals surface area contributed by atoms with Crippen LogP contribution in [0.4, 0.5) is 5.69 Å². The van der Waals surface area contributed by atoms with Crippen molar-refractivity contribution >= 4 is 28.9 Å². The Morgan fingerprint density at radius 2 is 1.72 bits per heavy atom. The summed E-state index contributed by atoms with van der Waals surface area (Å²) >= 11 is 0. The zero-order valence-electron chi connectivity index (χ0n) is 15.6. The van der Waals surface area contributed by atoms with E-state index >= 15 is 0 Å². The molecule has 2 aromatic carbocycles. The van der Waals surface area contributed by atoms with Gasteiger partial charge in [0, 0.05) is 26.3 Å². The fourth-order valence-electron chi connectivity index (χ4n) is 2.90. The number of anilines is 1. The molecule has 0 unspecified atom stereocenters. The summed E-state index contributed by atoms with van der Waals surface area (Å²) in [5.41, 5.74) is 4.68. The number of benzene rings is 2. The van der Waals surface area contributed by atoms with Gasteiger partial charge in [-0.15, -0.1) is 0 Å². The maximum Gasteiger partial charge on any atom is 0.133 e. The van der Waals surface area contributed by atoms with Crippen LogP contribution >= 0.6 is 0 Å². The van der Waals surface area contributed by atoms with Crippen molar-refractivity contribution in [2.45, 2.75) is 26.8 Å². The first kappa shape index (κ1) is 17.3. The van der Waals surface area contributed by atoms with Gasteiger partial charge in [0.1, 0.15) is 5.82 Å². The van der Waals surface area contributed by atoms with Gasteiger partial charge in [-0.1, -0.05) is 44.2 Å². The summed E-state index contributed by atoms with van der Waals surface area (Å²) in [7, 11) is 4.11. The third kappa shape index (κ3) is 4.11. The molecule has 0 atom stereocenters. The maximum absolute atomic E-state index is 4.82. The number of para-hydroxylation sites is 2. The fourth-order valence-corrected chi connectivity index (χ4v) is 2.90. The van der Waals surface area contributed by atoms with Gasteiger partial charge in [-0.3, -0.25) is 0 Å². The van der Waals surface area contributed by atoms with Gasteiger partial charge in [0.15, 0.2) is 0 Å². The lowest BCUT2D eigenvalue weighted by Gasteiger charge is -2.12. The molecule has 3 nitrogen and oxygen atoms in total. The van der Waals surface area contributed by atoms with E-state index in [1.54, 1.807) is 0 Å². The molecule has 0 aliphatic rings. The van der Waals surface area contributed by atoms with Crippen molar-refractivity contribution in [1.29, 1.82) is 0 Å². The highest BCUT2D eigenvalue weighted by molar-refractivity contribution is 5.80. The molecule has 0 aliphatic heterocycles. The average molecular weight is 333 g/mol. The first-order valence-electron chi connectivity index (χ1n) is 8.95. The van der Waals surface area contributed by atoms with Crippen LogP contribution in [0.2, 0.25) is 0 Å². The van der Waals surface area contributed by atoms with E-state index < -0.39 is 0 Å². The summed E-state index contributed by atoms with van der Waals surface area (Å²) in [4.78, 5) is 6.93. The number of nitrogens with zero attached hydrogens (tertiary/aromatic N) is 3. The van der Waals surface area contributed by atoms with Crippen LogP contribution in [0.25, 0.3) is 23.2 Å². The molecular weight excluding hydrogens is 306 g/mol. The molecular formula is C22H27N3. The van der Waals surface area contributed by atoms with Crippen molar-refractivity contribution in [1.82, 2.24) is 9.55 Å². The normalized spacial score (nSPS) is 11.7. The highest BCUT2D eigenvalue weighted by Crippen LogP contribution is 2.20. The van der Waals surface area contributed by atoms with Crippen LogP contribution in [0.1, 0.15) is 31.7 Å². The second-order valence-corrected chi connectivity index (χ2v) is 7.11. The predicted octanol–water partition coefficient (Wildman–Crippen LogP) is 5.32. The van der Waals surface area contributed by atoms with Gasteiger partial charge in [0.2, 0.25) is 0 Å². The monoisotopic (exact) mass is 333 g/mol. The highest BCUT2D eigenvalue weighted by Gasteiger charge is 2.08. The Morgan fingerprint density at radius 1 is 1.00 bits per heavy atom. The minimum Gasteiger partial charge on any atom is -0.378 e. The quantitative estimate of drug-likeness (QED) is 0.609. The number of imidazole rings is 1. The summed E-state index contributed by atoms with van der Waals surface area (Å²) < 4.78 is 2.33. The van der Waals surface area contributed by atoms with Crippen LogP contribution < -0.4 is 4.90 Å². The summed E-state index contributed by atoms with van der Waals surface area (Å²) in [5.74, 6) is 1.70. The van der Waals surface area contributed by atoms with E-state index in [4.69, 9.17) is 4.98 Å². The Labute approximate surface area is 150 Å². The summed E-state index contributed by atoms with van der Waals surface area (Å²) in [6.45, 7) is 5.53. The molecule has 0 saturated heterocycles. The van der Waals surface area contributed by atoms with Gasteiger partial charge in [-0.05, 0) is 48.2 Å². The molecule has 25 heavy (non-hydrogen) atoms. The van der Waals surface area contributed by atoms with Crippen LogP contribution in [0.15, 0.2) is 48.5 Å². The minimum atomic E-state index is 0.677. The number of hydrogen-bond acceptors (Lipinski definition) is 2. The highest BCUT2D eigenvalue weighted by atomic mass is 15.1. The zero-order valence-corrected chi connectivity index (χ0v) is 15.6. The van der Waals surface area contributed by atoms with Gasteiger partial charge in [0.25, 0.3) is 0 Å². The van der Waals surface area contributed by atoms with Crippen LogP contribution in [-0.4, -0.2) is 23.6 Å². The van der Waals surface area contributed by atoms with Crippen molar-refractivity contribution in [3.8, 4) is 0 Å². The molecule has 3 heteroatoms. The van der Waals surface area contributed by atoms with Gasteiger partial charge in [-0.2, -0.15) is 0 Å². The van der Waals surface area contributed by atoms with Crippen molar-refractivity contribution in [2.24, 2.45) is 5.92 Å². The lowest BCUT2D eigenvalue weighted by molar-refractivity contribution is 0.521. The lowest BCUT2D eigenvalue weighted by Crippen LogP contribution is -2.07. The lowest BCUT2D eigenvalue weighted by atomic mass is 10.1. The first-order chi connectivity index (χ1) is 12.0. The molecule has 1 heterocycles. The van der Waals surface area contributed by atoms with Gasteiger partial charge in [0.05, 0.1) is 11.0 Å². The Hall–Kier alpha value is -2.55. The van der Waals surface area contributed by atoms with E-state index in [0.717, 1.165) is 24.3 Å². The molecule has 0 N–H and O–H groups in total. The molecule has 1 aromatic heterocycles. The largest absolute Gasteiger partial charge is 0.378 e. The summed E-state index contributed by atoms with van der Waals surface area (Å²) in [6, 6.07) is 17.0. The van der Waals surface area contributed by atoms with Crippen molar-refractivity contribution in [3.05, 3.63) is 59.9 Å². The SMILES string of the molecule is CC(C)CCn1c(C=Cc2ccc(N(C)C)cc2)nc2ccccc21. The molecule has 3 rings (SSSR count). The molecule has 0 saturated carbocycles. The third-order valence-electron chi connectivity index (χ3n) is 4.45. The Morgan fingerprint density at radius 3 is 2.40 bits per heavy atom. The zero-order chi connectivity index (χ0) is 17.8. The fraction of sp³-hybridized carbons (Fsp3) is 0.318. The Kier molecular flexibility index (Phi) is 5.22. The molecule has 0 amide bonds. The van der Waals surface area contributed by atoms with Gasteiger partial charge < -0.3 is 9.47 Å². The second-order valence-electron chi connectivity index (χ2n) is 7.11. The van der Waals surface area contributed by atoms with E-state index in [1.165, 1.54) is 16.8 Å². The van der Waals surface area contributed by atoms with Crippen LogP contribution in [-0.2, 0) is 6.54 Å². The summed E-state index contributed by atoms with van der Waals surface area (Å²) in [5, 5.41) is 0.